The zero-order valence-corrected chi connectivity index (χ0v) is 9.93. The van der Waals surface area contributed by atoms with Gasteiger partial charge >= 0.3 is 0 Å². The lowest BCUT2D eigenvalue weighted by Crippen LogP contribution is -2.02. The van der Waals surface area contributed by atoms with Gasteiger partial charge in [-0.25, -0.2) is 0 Å². The minimum atomic E-state index is -0.0569. The van der Waals surface area contributed by atoms with E-state index in [-0.39, 0.29) is 5.92 Å². The highest BCUT2D eigenvalue weighted by molar-refractivity contribution is 5.34. The Bertz CT molecular complexity index is 523. The fourth-order valence-electron chi connectivity index (χ4n) is 2.05. The van der Waals surface area contributed by atoms with Crippen LogP contribution in [0.3, 0.4) is 0 Å². The first-order valence-electron chi connectivity index (χ1n) is 5.80. The number of hydrogen-bond donors (Lipinski definition) is 0. The van der Waals surface area contributed by atoms with E-state index in [0.29, 0.717) is 0 Å². The second-order valence-electron chi connectivity index (χ2n) is 4.23. The molecule has 0 aliphatic rings. The first-order valence-corrected chi connectivity index (χ1v) is 5.80. The van der Waals surface area contributed by atoms with Crippen LogP contribution in [-0.2, 0) is 6.42 Å². The van der Waals surface area contributed by atoms with Gasteiger partial charge in [0.25, 0.3) is 0 Å². The number of rotatable bonds is 3. The molecule has 17 heavy (non-hydrogen) atoms. The maximum Gasteiger partial charge on any atom is 0.0755 e. The maximum atomic E-state index is 9.32. The van der Waals surface area contributed by atoms with Crippen LogP contribution >= 0.6 is 0 Å². The van der Waals surface area contributed by atoms with Crippen molar-refractivity contribution in [2.24, 2.45) is 0 Å². The summed E-state index contributed by atoms with van der Waals surface area (Å²) in [6.45, 7) is 2.06. The summed E-state index contributed by atoms with van der Waals surface area (Å²) >= 11 is 0. The molecule has 0 bridgehead atoms. The molecule has 2 aromatic rings. The molecule has 84 valence electrons. The van der Waals surface area contributed by atoms with Crippen LogP contribution in [-0.4, -0.2) is 0 Å². The highest BCUT2D eigenvalue weighted by Crippen LogP contribution is 2.23. The summed E-state index contributed by atoms with van der Waals surface area (Å²) in [7, 11) is 0. The van der Waals surface area contributed by atoms with Crippen molar-refractivity contribution >= 4 is 0 Å². The van der Waals surface area contributed by atoms with Crippen LogP contribution < -0.4 is 0 Å². The molecule has 0 aromatic heterocycles. The smallest absolute Gasteiger partial charge is 0.0755 e. The fourth-order valence-corrected chi connectivity index (χ4v) is 2.05. The second-order valence-corrected chi connectivity index (χ2v) is 4.23. The van der Waals surface area contributed by atoms with E-state index in [4.69, 9.17) is 0 Å². The normalized spacial score (nSPS) is 11.8. The zero-order valence-electron chi connectivity index (χ0n) is 9.93. The van der Waals surface area contributed by atoms with E-state index in [1.54, 1.807) is 0 Å². The lowest BCUT2D eigenvalue weighted by Gasteiger charge is -2.12. The van der Waals surface area contributed by atoms with Crippen molar-refractivity contribution in [1.29, 1.82) is 5.26 Å². The topological polar surface area (TPSA) is 23.8 Å². The van der Waals surface area contributed by atoms with Gasteiger partial charge in [-0.05, 0) is 30.0 Å². The Labute approximate surface area is 102 Å². The third-order valence-electron chi connectivity index (χ3n) is 3.00. The molecule has 0 aliphatic heterocycles. The van der Waals surface area contributed by atoms with Gasteiger partial charge in [-0.15, -0.1) is 0 Å². The lowest BCUT2D eigenvalue weighted by atomic mass is 9.90. The molecule has 2 aromatic carbocycles. The Balaban J connectivity index is 2.25. The first kappa shape index (κ1) is 11.4. The van der Waals surface area contributed by atoms with E-state index >= 15 is 0 Å². The molecule has 0 aliphatic carbocycles. The summed E-state index contributed by atoms with van der Waals surface area (Å²) in [5.74, 6) is -0.0569. The second kappa shape index (κ2) is 5.32. The molecule has 0 saturated heterocycles. The molecular formula is C16H15N. The third-order valence-corrected chi connectivity index (χ3v) is 3.00. The SMILES string of the molecule is Cc1ccccc1C(C#N)Cc1ccccc1. The number of aryl methyl sites for hydroxylation is 1. The molecule has 0 N–H and O–H groups in total. The van der Waals surface area contributed by atoms with Crippen molar-refractivity contribution in [2.75, 3.05) is 0 Å². The van der Waals surface area contributed by atoms with Crippen LogP contribution in [0, 0.1) is 18.3 Å². The standard InChI is InChI=1S/C16H15N/c1-13-7-5-6-10-16(13)15(12-17)11-14-8-3-2-4-9-14/h2-10,15H,11H2,1H3. The molecule has 0 heterocycles. The average Bonchev–Trinajstić information content (AvgIpc) is 2.38. The molecule has 0 radical (unpaired) electrons. The Morgan fingerprint density at radius 1 is 1.00 bits per heavy atom. The number of nitriles is 1. The van der Waals surface area contributed by atoms with Crippen molar-refractivity contribution in [3.8, 4) is 6.07 Å². The van der Waals surface area contributed by atoms with Gasteiger partial charge < -0.3 is 0 Å². The van der Waals surface area contributed by atoms with Crippen LogP contribution in [0.1, 0.15) is 22.6 Å². The van der Waals surface area contributed by atoms with Crippen molar-refractivity contribution in [1.82, 2.24) is 0 Å². The molecule has 0 fully saturated rings. The number of hydrogen-bond acceptors (Lipinski definition) is 1. The molecular weight excluding hydrogens is 206 g/mol. The van der Waals surface area contributed by atoms with Crippen molar-refractivity contribution in [3.63, 3.8) is 0 Å². The summed E-state index contributed by atoms with van der Waals surface area (Å²) in [4.78, 5) is 0. The van der Waals surface area contributed by atoms with E-state index in [9.17, 15) is 5.26 Å². The van der Waals surface area contributed by atoms with Crippen LogP contribution in [0.25, 0.3) is 0 Å². The lowest BCUT2D eigenvalue weighted by molar-refractivity contribution is 0.841. The minimum Gasteiger partial charge on any atom is -0.198 e. The van der Waals surface area contributed by atoms with E-state index in [1.165, 1.54) is 11.1 Å². The quantitative estimate of drug-likeness (QED) is 0.772. The summed E-state index contributed by atoms with van der Waals surface area (Å²) < 4.78 is 0. The summed E-state index contributed by atoms with van der Waals surface area (Å²) in [5.41, 5.74) is 3.54. The predicted molar refractivity (Wildman–Crippen MR) is 69.7 cm³/mol. The monoisotopic (exact) mass is 221 g/mol. The molecule has 1 unspecified atom stereocenters. The van der Waals surface area contributed by atoms with E-state index in [1.807, 2.05) is 36.4 Å². The van der Waals surface area contributed by atoms with Crippen molar-refractivity contribution in [2.45, 2.75) is 19.3 Å². The molecule has 1 heteroatoms. The number of benzene rings is 2. The van der Waals surface area contributed by atoms with E-state index in [2.05, 4.69) is 31.2 Å². The Morgan fingerprint density at radius 2 is 1.65 bits per heavy atom. The summed E-state index contributed by atoms with van der Waals surface area (Å²) in [6.07, 6.45) is 0.780. The van der Waals surface area contributed by atoms with Gasteiger partial charge in [-0.2, -0.15) is 5.26 Å². The van der Waals surface area contributed by atoms with Gasteiger partial charge in [-0.3, -0.25) is 0 Å². The first-order chi connectivity index (χ1) is 8.31. The molecule has 0 spiro atoms. The minimum absolute atomic E-state index is 0.0569. The molecule has 1 atom stereocenters. The fraction of sp³-hybridized carbons (Fsp3) is 0.188. The predicted octanol–water partition coefficient (Wildman–Crippen LogP) is 3.84. The van der Waals surface area contributed by atoms with Crippen LogP contribution in [0.2, 0.25) is 0 Å². The van der Waals surface area contributed by atoms with Gasteiger partial charge in [0.15, 0.2) is 0 Å². The molecule has 1 nitrogen and oxygen atoms in total. The van der Waals surface area contributed by atoms with Crippen LogP contribution in [0.4, 0.5) is 0 Å². The Kier molecular flexibility index (Phi) is 3.57. The molecule has 0 amide bonds. The van der Waals surface area contributed by atoms with Crippen LogP contribution in [0.5, 0.6) is 0 Å². The van der Waals surface area contributed by atoms with Gasteiger partial charge in [-0.1, -0.05) is 54.6 Å². The molecule has 2 rings (SSSR count). The highest BCUT2D eigenvalue weighted by Gasteiger charge is 2.12. The number of nitrogens with zero attached hydrogens (tertiary/aromatic N) is 1. The van der Waals surface area contributed by atoms with Gasteiger partial charge in [0.1, 0.15) is 0 Å². The molecule has 0 saturated carbocycles. The zero-order chi connectivity index (χ0) is 12.1. The summed E-state index contributed by atoms with van der Waals surface area (Å²) in [6, 6.07) is 20.7. The maximum absolute atomic E-state index is 9.32. The van der Waals surface area contributed by atoms with Gasteiger partial charge in [0.05, 0.1) is 12.0 Å². The van der Waals surface area contributed by atoms with Gasteiger partial charge in [0, 0.05) is 0 Å². The summed E-state index contributed by atoms with van der Waals surface area (Å²) in [5, 5.41) is 9.32. The van der Waals surface area contributed by atoms with Crippen molar-refractivity contribution in [3.05, 3.63) is 71.3 Å². The largest absolute Gasteiger partial charge is 0.198 e. The average molecular weight is 221 g/mol. The Hall–Kier alpha value is -2.07. The van der Waals surface area contributed by atoms with Crippen molar-refractivity contribution < 1.29 is 0 Å². The van der Waals surface area contributed by atoms with Crippen LogP contribution in [0.15, 0.2) is 54.6 Å². The third kappa shape index (κ3) is 2.73. The van der Waals surface area contributed by atoms with Gasteiger partial charge in [0.2, 0.25) is 0 Å². The van der Waals surface area contributed by atoms with E-state index in [0.717, 1.165) is 12.0 Å². The van der Waals surface area contributed by atoms with E-state index < -0.39 is 0 Å². The highest BCUT2D eigenvalue weighted by atomic mass is 14.3. The Morgan fingerprint density at radius 3 is 2.29 bits per heavy atom.